The van der Waals surface area contributed by atoms with Crippen LogP contribution in [-0.2, 0) is 26.9 Å². The van der Waals surface area contributed by atoms with Gasteiger partial charge in [-0.25, -0.2) is 13.1 Å². The first-order valence-corrected chi connectivity index (χ1v) is 12.1. The summed E-state index contributed by atoms with van der Waals surface area (Å²) in [5, 5.41) is 8.89. The monoisotopic (exact) mass is 475 g/mol. The van der Waals surface area contributed by atoms with E-state index in [4.69, 9.17) is 16.1 Å². The Labute approximate surface area is 190 Å². The van der Waals surface area contributed by atoms with Gasteiger partial charge < -0.3 is 4.52 Å². The number of rotatable bonds is 4. The molecule has 11 heteroatoms. The van der Waals surface area contributed by atoms with Crippen LogP contribution in [0.4, 0.5) is 5.82 Å². The number of aryl methyl sites for hydroxylation is 1. The molecule has 3 aromatic rings. The zero-order valence-electron chi connectivity index (χ0n) is 17.4. The first-order valence-electron chi connectivity index (χ1n) is 10.3. The molecule has 9 nitrogen and oxygen atoms in total. The minimum absolute atomic E-state index is 0.0372. The molecule has 0 N–H and O–H groups in total. The minimum Gasteiger partial charge on any atom is -0.361 e. The molecule has 0 atom stereocenters. The summed E-state index contributed by atoms with van der Waals surface area (Å²) in [4.78, 5) is 15.0. The quantitative estimate of drug-likeness (QED) is 0.575. The fourth-order valence-electron chi connectivity index (χ4n) is 4.58. The average Bonchev–Trinajstić information content (AvgIpc) is 3.41. The summed E-state index contributed by atoms with van der Waals surface area (Å²) in [5.41, 5.74) is 0.119. The molecule has 168 valence electrons. The third-order valence-electron chi connectivity index (χ3n) is 6.21. The van der Waals surface area contributed by atoms with E-state index in [0.29, 0.717) is 54.8 Å². The molecule has 1 aromatic carbocycles. The second-order valence-corrected chi connectivity index (χ2v) is 10.6. The van der Waals surface area contributed by atoms with Crippen molar-refractivity contribution in [3.8, 4) is 0 Å². The van der Waals surface area contributed by atoms with Crippen molar-refractivity contribution in [1.82, 2.24) is 19.2 Å². The van der Waals surface area contributed by atoms with Gasteiger partial charge in [0, 0.05) is 30.2 Å². The van der Waals surface area contributed by atoms with Crippen LogP contribution in [-0.4, -0.2) is 46.7 Å². The summed E-state index contributed by atoms with van der Waals surface area (Å²) in [6.45, 7) is 2.69. The van der Waals surface area contributed by atoms with Gasteiger partial charge in [-0.15, -0.1) is 0 Å². The Hall–Kier alpha value is -2.69. The van der Waals surface area contributed by atoms with Crippen LogP contribution in [0.15, 0.2) is 52.0 Å². The van der Waals surface area contributed by atoms with E-state index >= 15 is 0 Å². The maximum absolute atomic E-state index is 13.2. The van der Waals surface area contributed by atoms with E-state index in [2.05, 4.69) is 10.3 Å². The van der Waals surface area contributed by atoms with Gasteiger partial charge in [-0.3, -0.25) is 9.69 Å². The lowest BCUT2D eigenvalue weighted by atomic mass is 9.83. The van der Waals surface area contributed by atoms with Crippen molar-refractivity contribution in [3.63, 3.8) is 0 Å². The highest BCUT2D eigenvalue weighted by molar-refractivity contribution is 7.89. The van der Waals surface area contributed by atoms with Crippen molar-refractivity contribution < 1.29 is 17.7 Å². The maximum atomic E-state index is 13.2. The van der Waals surface area contributed by atoms with E-state index in [1.54, 1.807) is 48.4 Å². The first-order chi connectivity index (χ1) is 15.3. The van der Waals surface area contributed by atoms with Crippen LogP contribution in [0.3, 0.4) is 0 Å². The predicted molar refractivity (Wildman–Crippen MR) is 117 cm³/mol. The Morgan fingerprint density at radius 1 is 1.19 bits per heavy atom. The number of amides is 1. The average molecular weight is 476 g/mol. The number of hydrogen-bond donors (Lipinski definition) is 0. The number of sulfonamides is 1. The minimum atomic E-state index is -3.66. The highest BCUT2D eigenvalue weighted by atomic mass is 35.5. The van der Waals surface area contributed by atoms with Crippen LogP contribution >= 0.6 is 11.6 Å². The molecule has 0 bridgehead atoms. The molecule has 2 aliphatic heterocycles. The molecule has 32 heavy (non-hydrogen) atoms. The van der Waals surface area contributed by atoms with Crippen LogP contribution in [0.2, 0.25) is 5.02 Å². The van der Waals surface area contributed by atoms with E-state index in [-0.39, 0.29) is 17.2 Å². The summed E-state index contributed by atoms with van der Waals surface area (Å²) < 4.78 is 34.6. The lowest BCUT2D eigenvalue weighted by Gasteiger charge is -2.46. The molecule has 2 aliphatic rings. The molecular weight excluding hydrogens is 454 g/mol. The Morgan fingerprint density at radius 3 is 2.66 bits per heavy atom. The van der Waals surface area contributed by atoms with Gasteiger partial charge in [-0.2, -0.15) is 9.40 Å². The van der Waals surface area contributed by atoms with Crippen molar-refractivity contribution in [1.29, 1.82) is 0 Å². The van der Waals surface area contributed by atoms with E-state index in [1.807, 2.05) is 4.68 Å². The Bertz CT molecular complexity index is 1280. The van der Waals surface area contributed by atoms with Crippen molar-refractivity contribution >= 4 is 33.3 Å². The van der Waals surface area contributed by atoms with Crippen LogP contribution in [0.25, 0.3) is 0 Å². The molecule has 0 saturated carbocycles. The van der Waals surface area contributed by atoms with Crippen LogP contribution in [0.5, 0.6) is 0 Å². The van der Waals surface area contributed by atoms with Crippen LogP contribution in [0, 0.1) is 6.92 Å². The molecule has 1 fully saturated rings. The van der Waals surface area contributed by atoms with Crippen LogP contribution in [0.1, 0.15) is 30.7 Å². The maximum Gasteiger partial charge on any atom is 0.243 e. The summed E-state index contributed by atoms with van der Waals surface area (Å²) in [6.07, 6.45) is 2.91. The molecule has 0 unspecified atom stereocenters. The number of halogens is 1. The molecule has 2 aromatic heterocycles. The number of benzene rings is 1. The fraction of sp³-hybridized carbons (Fsp3) is 0.381. The summed E-state index contributed by atoms with van der Waals surface area (Å²) >= 11 is 5.99. The van der Waals surface area contributed by atoms with Crippen molar-refractivity contribution in [2.24, 2.45) is 0 Å². The second kappa shape index (κ2) is 7.72. The Balaban J connectivity index is 1.38. The topological polar surface area (TPSA) is 102 Å². The molecule has 1 spiro atoms. The normalized spacial score (nSPS) is 18.8. The molecule has 1 saturated heterocycles. The standard InChI is InChI=1S/C21H22ClN5O4S/c1-15-11-17(24-31-15)14-26-19-5-8-23-27(19)21(13-20(26)28)6-9-25(10-7-21)32(29,30)18-4-2-3-16(22)12-18/h2-5,8,11-12H,6-7,9-10,13-14H2,1H3. The number of carbonyl (C=O) groups excluding carboxylic acids is 1. The summed E-state index contributed by atoms with van der Waals surface area (Å²) in [7, 11) is -3.66. The number of carbonyl (C=O) groups is 1. The number of hydrogen-bond acceptors (Lipinski definition) is 6. The van der Waals surface area contributed by atoms with Gasteiger partial charge in [0.05, 0.1) is 29.6 Å². The van der Waals surface area contributed by atoms with Gasteiger partial charge in [0.15, 0.2) is 0 Å². The molecule has 0 radical (unpaired) electrons. The van der Waals surface area contributed by atoms with Gasteiger partial charge in [-0.05, 0) is 38.0 Å². The number of fused-ring (bicyclic) bond motifs is 2. The highest BCUT2D eigenvalue weighted by Crippen LogP contribution is 2.42. The molecule has 4 heterocycles. The van der Waals surface area contributed by atoms with E-state index in [9.17, 15) is 13.2 Å². The number of aromatic nitrogens is 3. The predicted octanol–water partition coefficient (Wildman–Crippen LogP) is 2.95. The third kappa shape index (κ3) is 3.52. The van der Waals surface area contributed by atoms with Gasteiger partial charge in [-0.1, -0.05) is 22.8 Å². The molecule has 5 rings (SSSR count). The smallest absolute Gasteiger partial charge is 0.243 e. The lowest BCUT2D eigenvalue weighted by molar-refractivity contribution is -0.122. The van der Waals surface area contributed by atoms with E-state index < -0.39 is 15.6 Å². The van der Waals surface area contributed by atoms with Gasteiger partial charge in [0.25, 0.3) is 0 Å². The second-order valence-electron chi connectivity index (χ2n) is 8.27. The van der Waals surface area contributed by atoms with Gasteiger partial charge in [0.2, 0.25) is 15.9 Å². The van der Waals surface area contributed by atoms with E-state index in [1.165, 1.54) is 10.4 Å². The number of nitrogens with zero attached hydrogens (tertiary/aromatic N) is 5. The van der Waals surface area contributed by atoms with E-state index in [0.717, 1.165) is 0 Å². The third-order valence-corrected chi connectivity index (χ3v) is 8.34. The number of piperidine rings is 1. The number of anilines is 1. The lowest BCUT2D eigenvalue weighted by Crippen LogP contribution is -2.54. The molecule has 0 aliphatic carbocycles. The van der Waals surface area contributed by atoms with Crippen molar-refractivity contribution in [2.45, 2.75) is 43.2 Å². The Morgan fingerprint density at radius 2 is 1.97 bits per heavy atom. The zero-order chi connectivity index (χ0) is 22.5. The SMILES string of the molecule is Cc1cc(CN2C(=O)CC3(CCN(S(=O)(=O)c4cccc(Cl)c4)CC3)n3nccc32)no1. The molecular formula is C21H22ClN5O4S. The summed E-state index contributed by atoms with van der Waals surface area (Å²) in [6, 6.07) is 9.88. The largest absolute Gasteiger partial charge is 0.361 e. The zero-order valence-corrected chi connectivity index (χ0v) is 19.0. The fourth-order valence-corrected chi connectivity index (χ4v) is 6.32. The van der Waals surface area contributed by atoms with Crippen LogP contribution < -0.4 is 4.90 Å². The first kappa shape index (κ1) is 21.2. The van der Waals surface area contributed by atoms with Crippen molar-refractivity contribution in [2.75, 3.05) is 18.0 Å². The van der Waals surface area contributed by atoms with Crippen molar-refractivity contribution in [3.05, 3.63) is 59.1 Å². The van der Waals surface area contributed by atoms with Gasteiger partial charge >= 0.3 is 0 Å². The van der Waals surface area contributed by atoms with Gasteiger partial charge in [0.1, 0.15) is 17.3 Å². The molecule has 1 amide bonds. The highest BCUT2D eigenvalue weighted by Gasteiger charge is 2.47. The Kier molecular flexibility index (Phi) is 5.11. The summed E-state index contributed by atoms with van der Waals surface area (Å²) in [5.74, 6) is 1.33.